The monoisotopic (exact) mass is 276 g/mol. The topological polar surface area (TPSA) is 50.4 Å². The van der Waals surface area contributed by atoms with Crippen molar-refractivity contribution in [2.45, 2.75) is 32.1 Å². The molecule has 0 aliphatic heterocycles. The van der Waals surface area contributed by atoms with Crippen molar-refractivity contribution >= 4 is 17.3 Å². The van der Waals surface area contributed by atoms with Gasteiger partial charge in [-0.1, -0.05) is 19.3 Å². The van der Waals surface area contributed by atoms with Crippen LogP contribution in [0.4, 0.5) is 11.4 Å². The highest BCUT2D eigenvalue weighted by Crippen LogP contribution is 2.25. The number of nitrogens with one attached hydrogen (secondary N) is 2. The van der Waals surface area contributed by atoms with E-state index >= 15 is 0 Å². The molecule has 1 aliphatic rings. The van der Waals surface area contributed by atoms with Crippen molar-refractivity contribution in [2.75, 3.05) is 30.9 Å². The normalized spacial score (nSPS) is 15.8. The van der Waals surface area contributed by atoms with Crippen molar-refractivity contribution in [3.8, 4) is 0 Å². The van der Waals surface area contributed by atoms with E-state index in [0.717, 1.165) is 30.8 Å². The second-order valence-electron chi connectivity index (χ2n) is 5.32. The van der Waals surface area contributed by atoms with Crippen molar-refractivity contribution in [1.29, 1.82) is 0 Å². The maximum Gasteiger partial charge on any atom is 0.227 e. The van der Waals surface area contributed by atoms with E-state index in [0.29, 0.717) is 6.61 Å². The summed E-state index contributed by atoms with van der Waals surface area (Å²) < 4.78 is 4.99. The van der Waals surface area contributed by atoms with Crippen LogP contribution in [-0.2, 0) is 9.53 Å². The second kappa shape index (κ2) is 7.90. The first-order chi connectivity index (χ1) is 9.79. The zero-order valence-electron chi connectivity index (χ0n) is 12.2. The number of carbonyl (C=O) groups excluding carboxylic acids is 1. The number of hydrogen-bond donors (Lipinski definition) is 2. The lowest BCUT2D eigenvalue weighted by atomic mass is 9.88. The van der Waals surface area contributed by atoms with Crippen LogP contribution in [0.3, 0.4) is 0 Å². The quantitative estimate of drug-likeness (QED) is 0.784. The van der Waals surface area contributed by atoms with Crippen LogP contribution in [0.5, 0.6) is 0 Å². The van der Waals surface area contributed by atoms with E-state index in [1.54, 1.807) is 7.11 Å². The number of rotatable bonds is 6. The molecule has 4 heteroatoms. The van der Waals surface area contributed by atoms with Gasteiger partial charge in [-0.05, 0) is 37.1 Å². The minimum atomic E-state index is 0.171. The van der Waals surface area contributed by atoms with Crippen LogP contribution in [0.15, 0.2) is 24.3 Å². The van der Waals surface area contributed by atoms with Gasteiger partial charge in [0.25, 0.3) is 0 Å². The van der Waals surface area contributed by atoms with Crippen molar-refractivity contribution < 1.29 is 9.53 Å². The van der Waals surface area contributed by atoms with E-state index in [9.17, 15) is 4.79 Å². The van der Waals surface area contributed by atoms with Gasteiger partial charge in [0.15, 0.2) is 0 Å². The molecule has 20 heavy (non-hydrogen) atoms. The summed E-state index contributed by atoms with van der Waals surface area (Å²) in [6.07, 6.45) is 5.69. The fourth-order valence-electron chi connectivity index (χ4n) is 2.58. The lowest BCUT2D eigenvalue weighted by Crippen LogP contribution is -2.24. The fourth-order valence-corrected chi connectivity index (χ4v) is 2.58. The van der Waals surface area contributed by atoms with Crippen molar-refractivity contribution in [3.63, 3.8) is 0 Å². The van der Waals surface area contributed by atoms with Crippen LogP contribution in [0, 0.1) is 5.92 Å². The highest BCUT2D eigenvalue weighted by Gasteiger charge is 2.20. The average molecular weight is 276 g/mol. The Morgan fingerprint density at radius 3 is 2.45 bits per heavy atom. The summed E-state index contributed by atoms with van der Waals surface area (Å²) in [5, 5.41) is 6.27. The Hall–Kier alpha value is -1.55. The van der Waals surface area contributed by atoms with Crippen molar-refractivity contribution in [3.05, 3.63) is 24.3 Å². The predicted octanol–water partition coefficient (Wildman–Crippen LogP) is 3.26. The summed E-state index contributed by atoms with van der Waals surface area (Å²) in [6.45, 7) is 1.46. The molecule has 1 aromatic carbocycles. The van der Waals surface area contributed by atoms with Crippen molar-refractivity contribution in [1.82, 2.24) is 0 Å². The Balaban J connectivity index is 1.81. The third-order valence-electron chi connectivity index (χ3n) is 3.76. The third kappa shape index (κ3) is 4.53. The van der Waals surface area contributed by atoms with Crippen LogP contribution in [0.25, 0.3) is 0 Å². The molecule has 1 aliphatic carbocycles. The molecule has 1 fully saturated rings. The number of benzene rings is 1. The highest BCUT2D eigenvalue weighted by atomic mass is 16.5. The van der Waals surface area contributed by atoms with Crippen LogP contribution in [-0.4, -0.2) is 26.2 Å². The van der Waals surface area contributed by atoms with Gasteiger partial charge in [0.05, 0.1) is 6.61 Å². The largest absolute Gasteiger partial charge is 0.383 e. The zero-order valence-corrected chi connectivity index (χ0v) is 12.2. The first kappa shape index (κ1) is 14.9. The third-order valence-corrected chi connectivity index (χ3v) is 3.76. The van der Waals surface area contributed by atoms with E-state index in [2.05, 4.69) is 10.6 Å². The Labute approximate surface area is 120 Å². The molecule has 0 unspecified atom stereocenters. The van der Waals surface area contributed by atoms with Crippen LogP contribution in [0.1, 0.15) is 32.1 Å². The van der Waals surface area contributed by atoms with Crippen LogP contribution < -0.4 is 10.6 Å². The molecule has 0 bridgehead atoms. The molecule has 0 radical (unpaired) electrons. The fraction of sp³-hybridized carbons (Fsp3) is 0.562. The first-order valence-corrected chi connectivity index (χ1v) is 7.43. The summed E-state index contributed by atoms with van der Waals surface area (Å²) in [4.78, 5) is 12.1. The number of amides is 1. The molecule has 2 N–H and O–H groups in total. The van der Waals surface area contributed by atoms with E-state index < -0.39 is 0 Å². The molecule has 0 saturated heterocycles. The molecule has 0 heterocycles. The second-order valence-corrected chi connectivity index (χ2v) is 5.32. The van der Waals surface area contributed by atoms with E-state index in [1.807, 2.05) is 24.3 Å². The number of carbonyl (C=O) groups is 1. The highest BCUT2D eigenvalue weighted by molar-refractivity contribution is 5.92. The maximum absolute atomic E-state index is 12.1. The van der Waals surface area contributed by atoms with Gasteiger partial charge < -0.3 is 15.4 Å². The minimum Gasteiger partial charge on any atom is -0.383 e. The first-order valence-electron chi connectivity index (χ1n) is 7.43. The maximum atomic E-state index is 12.1. The Kier molecular flexibility index (Phi) is 5.87. The van der Waals surface area contributed by atoms with E-state index in [4.69, 9.17) is 4.74 Å². The standard InChI is InChI=1S/C16H24N2O2/c1-20-12-11-17-14-7-9-15(10-8-14)18-16(19)13-5-3-2-4-6-13/h7-10,13,17H,2-6,11-12H2,1H3,(H,18,19). The Bertz CT molecular complexity index is 411. The molecule has 1 amide bonds. The lowest BCUT2D eigenvalue weighted by molar-refractivity contribution is -0.120. The molecule has 1 aromatic rings. The lowest BCUT2D eigenvalue weighted by Gasteiger charge is -2.20. The van der Waals surface area contributed by atoms with Crippen LogP contribution in [0.2, 0.25) is 0 Å². The van der Waals surface area contributed by atoms with Gasteiger partial charge in [0.1, 0.15) is 0 Å². The van der Waals surface area contributed by atoms with E-state index in [-0.39, 0.29) is 11.8 Å². The predicted molar refractivity (Wildman–Crippen MR) is 82.0 cm³/mol. The molecule has 1 saturated carbocycles. The molecule has 2 rings (SSSR count). The summed E-state index contributed by atoms with van der Waals surface area (Å²) in [7, 11) is 1.69. The molecule has 4 nitrogen and oxygen atoms in total. The number of anilines is 2. The molecular formula is C16H24N2O2. The molecular weight excluding hydrogens is 252 g/mol. The van der Waals surface area contributed by atoms with Gasteiger partial charge in [-0.25, -0.2) is 0 Å². The minimum absolute atomic E-state index is 0.171. The van der Waals surface area contributed by atoms with Gasteiger partial charge in [-0.3, -0.25) is 4.79 Å². The average Bonchev–Trinajstić information content (AvgIpc) is 2.50. The molecule has 0 spiro atoms. The molecule has 0 aromatic heterocycles. The van der Waals surface area contributed by atoms with E-state index in [1.165, 1.54) is 19.3 Å². The summed E-state index contributed by atoms with van der Waals surface area (Å²) >= 11 is 0. The molecule has 110 valence electrons. The molecule has 0 atom stereocenters. The number of methoxy groups -OCH3 is 1. The van der Waals surface area contributed by atoms with Crippen LogP contribution >= 0.6 is 0 Å². The van der Waals surface area contributed by atoms with Gasteiger partial charge in [-0.2, -0.15) is 0 Å². The van der Waals surface area contributed by atoms with Gasteiger partial charge >= 0.3 is 0 Å². The summed E-state index contributed by atoms with van der Waals surface area (Å²) in [6, 6.07) is 7.84. The summed E-state index contributed by atoms with van der Waals surface area (Å²) in [5.74, 6) is 0.369. The Morgan fingerprint density at radius 2 is 1.80 bits per heavy atom. The smallest absolute Gasteiger partial charge is 0.227 e. The van der Waals surface area contributed by atoms with Gasteiger partial charge in [0.2, 0.25) is 5.91 Å². The number of hydrogen-bond acceptors (Lipinski definition) is 3. The van der Waals surface area contributed by atoms with Crippen molar-refractivity contribution in [2.24, 2.45) is 5.92 Å². The Morgan fingerprint density at radius 1 is 1.15 bits per heavy atom. The number of ether oxygens (including phenoxy) is 1. The zero-order chi connectivity index (χ0) is 14.2. The SMILES string of the molecule is COCCNc1ccc(NC(=O)C2CCCCC2)cc1. The van der Waals surface area contributed by atoms with Gasteiger partial charge in [0, 0.05) is 30.9 Å². The van der Waals surface area contributed by atoms with Gasteiger partial charge in [-0.15, -0.1) is 0 Å². The summed E-state index contributed by atoms with van der Waals surface area (Å²) in [5.41, 5.74) is 1.91.